The molecule has 0 heterocycles. The highest BCUT2D eigenvalue weighted by Gasteiger charge is 1.99. The Bertz CT molecular complexity index is 329. The highest BCUT2D eigenvalue weighted by molar-refractivity contribution is 7.78. The normalized spacial score (nSPS) is 12.4. The maximum absolute atomic E-state index is 10.8. The van der Waals surface area contributed by atoms with Gasteiger partial charge in [0.25, 0.3) is 0 Å². The van der Waals surface area contributed by atoms with Gasteiger partial charge >= 0.3 is 0 Å². The molecule has 4 heteroatoms. The second-order valence-corrected chi connectivity index (χ2v) is 4.04. The van der Waals surface area contributed by atoms with Gasteiger partial charge in [0.2, 0.25) is 0 Å². The van der Waals surface area contributed by atoms with Crippen LogP contribution in [0.3, 0.4) is 0 Å². The van der Waals surface area contributed by atoms with Crippen LogP contribution >= 0.6 is 0 Å². The summed E-state index contributed by atoms with van der Waals surface area (Å²) in [4.78, 5) is 10.8. The SMILES string of the molecule is CC(=O)Cc1cccc(CS(=O)[O-])c1. The lowest BCUT2D eigenvalue weighted by Gasteiger charge is -2.06. The molecule has 0 aromatic heterocycles. The van der Waals surface area contributed by atoms with E-state index in [1.165, 1.54) is 6.92 Å². The van der Waals surface area contributed by atoms with Gasteiger partial charge in [-0.1, -0.05) is 35.3 Å². The highest BCUT2D eigenvalue weighted by atomic mass is 32.2. The molecule has 0 fully saturated rings. The molecule has 0 bridgehead atoms. The first-order valence-electron chi connectivity index (χ1n) is 4.21. The molecule has 0 aliphatic rings. The molecule has 1 aromatic rings. The van der Waals surface area contributed by atoms with Gasteiger partial charge in [0, 0.05) is 12.2 Å². The molecule has 76 valence electrons. The smallest absolute Gasteiger partial charge is 0.134 e. The average Bonchev–Trinajstić information content (AvgIpc) is 2.01. The second-order valence-electron chi connectivity index (χ2n) is 3.15. The van der Waals surface area contributed by atoms with Crippen molar-refractivity contribution in [2.24, 2.45) is 0 Å². The fraction of sp³-hybridized carbons (Fsp3) is 0.300. The predicted octanol–water partition coefficient (Wildman–Crippen LogP) is 1.20. The molecule has 14 heavy (non-hydrogen) atoms. The molecular formula is C10H11O3S-. The molecule has 1 aromatic carbocycles. The Morgan fingerprint density at radius 1 is 1.43 bits per heavy atom. The minimum absolute atomic E-state index is 0.00570. The fourth-order valence-electron chi connectivity index (χ4n) is 1.25. The first-order valence-corrected chi connectivity index (χ1v) is 5.45. The van der Waals surface area contributed by atoms with E-state index in [4.69, 9.17) is 0 Å². The summed E-state index contributed by atoms with van der Waals surface area (Å²) in [6, 6.07) is 7.07. The first kappa shape index (κ1) is 11.1. The number of hydrogen-bond donors (Lipinski definition) is 0. The van der Waals surface area contributed by atoms with E-state index in [0.717, 1.165) is 11.1 Å². The van der Waals surface area contributed by atoms with E-state index < -0.39 is 11.1 Å². The van der Waals surface area contributed by atoms with Crippen molar-refractivity contribution in [1.82, 2.24) is 0 Å². The van der Waals surface area contributed by atoms with Crippen LogP contribution in [0.25, 0.3) is 0 Å². The van der Waals surface area contributed by atoms with Crippen molar-refractivity contribution in [2.45, 2.75) is 19.1 Å². The third-order valence-electron chi connectivity index (χ3n) is 1.73. The third-order valence-corrected chi connectivity index (χ3v) is 2.30. The number of ketones is 1. The Morgan fingerprint density at radius 3 is 2.64 bits per heavy atom. The summed E-state index contributed by atoms with van der Waals surface area (Å²) in [6.45, 7) is 1.51. The topological polar surface area (TPSA) is 57.2 Å². The van der Waals surface area contributed by atoms with Gasteiger partial charge in [-0.05, 0) is 18.1 Å². The largest absolute Gasteiger partial charge is 0.772 e. The third kappa shape index (κ3) is 3.81. The molecule has 3 nitrogen and oxygen atoms in total. The predicted molar refractivity (Wildman–Crippen MR) is 53.5 cm³/mol. The lowest BCUT2D eigenvalue weighted by molar-refractivity contribution is -0.116. The highest BCUT2D eigenvalue weighted by Crippen LogP contribution is 2.08. The van der Waals surface area contributed by atoms with Crippen LogP contribution in [-0.2, 0) is 28.0 Å². The second kappa shape index (κ2) is 5.02. The lowest BCUT2D eigenvalue weighted by atomic mass is 10.1. The van der Waals surface area contributed by atoms with Gasteiger partial charge in [0.15, 0.2) is 0 Å². The van der Waals surface area contributed by atoms with Crippen LogP contribution in [0, 0.1) is 0 Å². The minimum atomic E-state index is -2.07. The lowest BCUT2D eigenvalue weighted by Crippen LogP contribution is -1.98. The Morgan fingerprint density at radius 2 is 2.07 bits per heavy atom. The van der Waals surface area contributed by atoms with Crippen molar-refractivity contribution in [1.29, 1.82) is 0 Å². The van der Waals surface area contributed by atoms with Crippen LogP contribution in [0.5, 0.6) is 0 Å². The molecule has 1 rings (SSSR count). The number of carbonyl (C=O) groups excluding carboxylic acids is 1. The van der Waals surface area contributed by atoms with E-state index in [0.29, 0.717) is 6.42 Å². The van der Waals surface area contributed by atoms with Crippen LogP contribution in [0.15, 0.2) is 24.3 Å². The molecule has 0 aliphatic carbocycles. The van der Waals surface area contributed by atoms with Gasteiger partial charge in [-0.15, -0.1) is 0 Å². The zero-order valence-electron chi connectivity index (χ0n) is 7.86. The van der Waals surface area contributed by atoms with Crippen LogP contribution in [0.1, 0.15) is 18.1 Å². The van der Waals surface area contributed by atoms with E-state index in [2.05, 4.69) is 0 Å². The van der Waals surface area contributed by atoms with Gasteiger partial charge in [-0.25, -0.2) is 0 Å². The maximum Gasteiger partial charge on any atom is 0.134 e. The first-order chi connectivity index (χ1) is 6.58. The Balaban J connectivity index is 2.78. The zero-order chi connectivity index (χ0) is 10.6. The minimum Gasteiger partial charge on any atom is -0.772 e. The summed E-state index contributed by atoms with van der Waals surface area (Å²) < 4.78 is 20.9. The van der Waals surface area contributed by atoms with Gasteiger partial charge < -0.3 is 4.55 Å². The van der Waals surface area contributed by atoms with Gasteiger partial charge in [-0.2, -0.15) is 0 Å². The number of carbonyl (C=O) groups is 1. The quantitative estimate of drug-likeness (QED) is 0.703. The van der Waals surface area contributed by atoms with Crippen molar-refractivity contribution < 1.29 is 13.6 Å². The molecule has 0 radical (unpaired) electrons. The molecular weight excluding hydrogens is 200 g/mol. The van der Waals surface area contributed by atoms with E-state index in [9.17, 15) is 13.6 Å². The van der Waals surface area contributed by atoms with Crippen molar-refractivity contribution >= 4 is 16.9 Å². The maximum atomic E-state index is 10.8. The summed E-state index contributed by atoms with van der Waals surface area (Å²) in [5.41, 5.74) is 1.58. The molecule has 0 aliphatic heterocycles. The van der Waals surface area contributed by atoms with E-state index in [1.807, 2.05) is 6.07 Å². The van der Waals surface area contributed by atoms with Gasteiger partial charge in [0.05, 0.1) is 0 Å². The number of hydrogen-bond acceptors (Lipinski definition) is 3. The monoisotopic (exact) mass is 211 g/mol. The number of rotatable bonds is 4. The van der Waals surface area contributed by atoms with Crippen LogP contribution in [0.2, 0.25) is 0 Å². The Hall–Kier alpha value is -1.00. The average molecular weight is 211 g/mol. The van der Waals surface area contributed by atoms with Crippen LogP contribution < -0.4 is 0 Å². The summed E-state index contributed by atoms with van der Waals surface area (Å²) >= 11 is -2.07. The van der Waals surface area contributed by atoms with Gasteiger partial charge in [0.1, 0.15) is 5.78 Å². The summed E-state index contributed by atoms with van der Waals surface area (Å²) in [7, 11) is 0. The van der Waals surface area contributed by atoms with Crippen molar-refractivity contribution in [3.8, 4) is 0 Å². The van der Waals surface area contributed by atoms with E-state index in [1.54, 1.807) is 18.2 Å². The Labute approximate surface area is 85.4 Å². The zero-order valence-corrected chi connectivity index (χ0v) is 8.67. The van der Waals surface area contributed by atoms with E-state index in [-0.39, 0.29) is 11.5 Å². The summed E-state index contributed by atoms with van der Waals surface area (Å²) in [6.07, 6.45) is 0.360. The fourth-order valence-corrected chi connectivity index (χ4v) is 1.70. The molecule has 0 amide bonds. The van der Waals surface area contributed by atoms with Gasteiger partial charge in [-0.3, -0.25) is 9.00 Å². The standard InChI is InChI=1S/C10H12O3S/c1-8(11)5-9-3-2-4-10(6-9)7-14(12)13/h2-4,6H,5,7H2,1H3,(H,12,13)/p-1. The number of benzene rings is 1. The molecule has 0 spiro atoms. The molecule has 0 N–H and O–H groups in total. The molecule has 1 unspecified atom stereocenters. The van der Waals surface area contributed by atoms with Crippen molar-refractivity contribution in [2.75, 3.05) is 0 Å². The Kier molecular flexibility index (Phi) is 3.98. The van der Waals surface area contributed by atoms with Crippen LogP contribution in [-0.4, -0.2) is 14.5 Å². The summed E-state index contributed by atoms with van der Waals surface area (Å²) in [5.74, 6) is 0.0801. The van der Waals surface area contributed by atoms with Crippen molar-refractivity contribution in [3.63, 3.8) is 0 Å². The molecule has 1 atom stereocenters. The van der Waals surface area contributed by atoms with E-state index >= 15 is 0 Å². The molecule has 0 saturated heterocycles. The van der Waals surface area contributed by atoms with Crippen LogP contribution in [0.4, 0.5) is 0 Å². The van der Waals surface area contributed by atoms with Crippen molar-refractivity contribution in [3.05, 3.63) is 35.4 Å². The summed E-state index contributed by atoms with van der Waals surface area (Å²) in [5, 5.41) is 0. The molecule has 0 saturated carbocycles. The number of Topliss-reactive ketones (excluding diaryl/α,β-unsaturated/α-hetero) is 1.